The highest BCUT2D eigenvalue weighted by Crippen LogP contribution is 2.29. The van der Waals surface area contributed by atoms with Crippen molar-refractivity contribution in [3.8, 4) is 5.75 Å². The van der Waals surface area contributed by atoms with Gasteiger partial charge in [-0.05, 0) is 50.0 Å². The van der Waals surface area contributed by atoms with E-state index in [1.165, 1.54) is 17.0 Å². The second kappa shape index (κ2) is 7.14. The minimum atomic E-state index is 0.545. The third kappa shape index (κ3) is 3.41. The second-order valence-corrected chi connectivity index (χ2v) is 7.16. The van der Waals surface area contributed by atoms with Gasteiger partial charge < -0.3 is 14.6 Å². The summed E-state index contributed by atoms with van der Waals surface area (Å²) in [5.74, 6) is 3.82. The number of likely N-dealkylation sites (tertiary alicyclic amines) is 1. The number of benzene rings is 1. The Hall–Kier alpha value is -1.92. The smallest absolute Gasteiger partial charge is 0.147 e. The maximum absolute atomic E-state index is 5.45. The maximum atomic E-state index is 5.45. The van der Waals surface area contributed by atoms with Crippen molar-refractivity contribution < 1.29 is 4.74 Å². The Morgan fingerprint density at radius 1 is 1.20 bits per heavy atom. The predicted molar refractivity (Wildman–Crippen MR) is 96.7 cm³/mol. The zero-order valence-electron chi connectivity index (χ0n) is 15.2. The van der Waals surface area contributed by atoms with Crippen LogP contribution in [0.2, 0.25) is 0 Å². The molecule has 2 aromatic rings. The lowest BCUT2D eigenvalue weighted by atomic mass is 9.95. The van der Waals surface area contributed by atoms with E-state index < -0.39 is 0 Å². The molecule has 0 aliphatic carbocycles. The van der Waals surface area contributed by atoms with Crippen LogP contribution in [0, 0.1) is 6.92 Å². The molecule has 6 heteroatoms. The highest BCUT2D eigenvalue weighted by atomic mass is 16.5. The van der Waals surface area contributed by atoms with Crippen LogP contribution >= 0.6 is 0 Å². The average molecular weight is 341 g/mol. The maximum Gasteiger partial charge on any atom is 0.147 e. The number of methoxy groups -OCH3 is 1. The molecular weight excluding hydrogens is 314 g/mol. The van der Waals surface area contributed by atoms with E-state index in [1.807, 2.05) is 0 Å². The number of piperidine rings is 1. The molecule has 0 spiro atoms. The molecule has 1 aromatic heterocycles. The van der Waals surface area contributed by atoms with E-state index in [9.17, 15) is 0 Å². The van der Waals surface area contributed by atoms with E-state index in [-0.39, 0.29) is 0 Å². The van der Waals surface area contributed by atoms with Crippen molar-refractivity contribution in [2.24, 2.45) is 0 Å². The first-order chi connectivity index (χ1) is 12.2. The molecule has 0 bridgehead atoms. The number of ether oxygens (including phenoxy) is 1. The first-order valence-electron chi connectivity index (χ1n) is 9.23. The Morgan fingerprint density at radius 2 is 2.04 bits per heavy atom. The van der Waals surface area contributed by atoms with Crippen molar-refractivity contribution in [1.29, 1.82) is 0 Å². The van der Waals surface area contributed by atoms with Gasteiger partial charge in [0.05, 0.1) is 13.7 Å². The van der Waals surface area contributed by atoms with Crippen molar-refractivity contribution in [1.82, 2.24) is 25.0 Å². The van der Waals surface area contributed by atoms with Gasteiger partial charge in [-0.15, -0.1) is 10.2 Å². The second-order valence-electron chi connectivity index (χ2n) is 7.16. The van der Waals surface area contributed by atoms with Crippen molar-refractivity contribution in [3.05, 3.63) is 41.0 Å². The SMILES string of the molecule is COc1cc(CN2CCC(c3nnc4n3CCNC4)CC2)ccc1C. The van der Waals surface area contributed by atoms with Crippen LogP contribution in [-0.4, -0.2) is 46.4 Å². The predicted octanol–water partition coefficient (Wildman–Crippen LogP) is 2.08. The summed E-state index contributed by atoms with van der Waals surface area (Å²) in [5, 5.41) is 12.2. The molecule has 6 nitrogen and oxygen atoms in total. The van der Waals surface area contributed by atoms with Crippen LogP contribution in [0.5, 0.6) is 5.75 Å². The van der Waals surface area contributed by atoms with Crippen LogP contribution in [0.4, 0.5) is 0 Å². The Balaban J connectivity index is 1.38. The van der Waals surface area contributed by atoms with E-state index in [1.54, 1.807) is 7.11 Å². The molecule has 25 heavy (non-hydrogen) atoms. The minimum Gasteiger partial charge on any atom is -0.496 e. The van der Waals surface area contributed by atoms with Crippen LogP contribution < -0.4 is 10.1 Å². The molecule has 1 N–H and O–H groups in total. The first-order valence-corrected chi connectivity index (χ1v) is 9.23. The number of fused-ring (bicyclic) bond motifs is 1. The number of nitrogens with one attached hydrogen (secondary N) is 1. The summed E-state index contributed by atoms with van der Waals surface area (Å²) in [5.41, 5.74) is 2.52. The summed E-state index contributed by atoms with van der Waals surface area (Å²) in [7, 11) is 1.74. The van der Waals surface area contributed by atoms with Gasteiger partial charge in [0.2, 0.25) is 0 Å². The zero-order valence-corrected chi connectivity index (χ0v) is 15.2. The number of rotatable bonds is 4. The minimum absolute atomic E-state index is 0.545. The highest BCUT2D eigenvalue weighted by molar-refractivity contribution is 5.36. The van der Waals surface area contributed by atoms with Crippen molar-refractivity contribution >= 4 is 0 Å². The summed E-state index contributed by atoms with van der Waals surface area (Å²) >= 11 is 0. The fraction of sp³-hybridized carbons (Fsp3) is 0.579. The number of hydrogen-bond donors (Lipinski definition) is 1. The van der Waals surface area contributed by atoms with E-state index in [2.05, 4.69) is 50.1 Å². The molecule has 4 rings (SSSR count). The molecule has 0 radical (unpaired) electrons. The molecule has 1 fully saturated rings. The molecule has 2 aliphatic heterocycles. The van der Waals surface area contributed by atoms with Gasteiger partial charge in [-0.1, -0.05) is 12.1 Å². The van der Waals surface area contributed by atoms with E-state index >= 15 is 0 Å². The first kappa shape index (κ1) is 16.5. The Bertz CT molecular complexity index is 733. The lowest BCUT2D eigenvalue weighted by molar-refractivity contribution is 0.199. The molecular formula is C19H27N5O. The van der Waals surface area contributed by atoms with Crippen molar-refractivity contribution in [3.63, 3.8) is 0 Å². The van der Waals surface area contributed by atoms with Crippen molar-refractivity contribution in [2.75, 3.05) is 26.7 Å². The fourth-order valence-corrected chi connectivity index (χ4v) is 3.99. The largest absolute Gasteiger partial charge is 0.496 e. The van der Waals surface area contributed by atoms with Gasteiger partial charge in [0, 0.05) is 25.6 Å². The zero-order chi connectivity index (χ0) is 17.2. The van der Waals surface area contributed by atoms with Gasteiger partial charge in [0.25, 0.3) is 0 Å². The van der Waals surface area contributed by atoms with Crippen LogP contribution in [0.25, 0.3) is 0 Å². The summed E-state index contributed by atoms with van der Waals surface area (Å²) in [6.45, 7) is 8.17. The van der Waals surface area contributed by atoms with E-state index in [0.29, 0.717) is 5.92 Å². The molecule has 1 aromatic carbocycles. The molecule has 0 unspecified atom stereocenters. The summed E-state index contributed by atoms with van der Waals surface area (Å²) in [4.78, 5) is 2.54. The third-order valence-electron chi connectivity index (χ3n) is 5.48. The quantitative estimate of drug-likeness (QED) is 0.923. The Morgan fingerprint density at radius 3 is 2.84 bits per heavy atom. The van der Waals surface area contributed by atoms with E-state index in [0.717, 1.165) is 63.7 Å². The van der Waals surface area contributed by atoms with Gasteiger partial charge in [0.1, 0.15) is 17.4 Å². The van der Waals surface area contributed by atoms with Gasteiger partial charge in [-0.3, -0.25) is 4.90 Å². The molecule has 134 valence electrons. The number of hydrogen-bond acceptors (Lipinski definition) is 5. The highest BCUT2D eigenvalue weighted by Gasteiger charge is 2.27. The normalized spacial score (nSPS) is 19.0. The van der Waals surface area contributed by atoms with E-state index in [4.69, 9.17) is 4.74 Å². The summed E-state index contributed by atoms with van der Waals surface area (Å²) in [6, 6.07) is 6.53. The average Bonchev–Trinajstić information content (AvgIpc) is 3.08. The molecule has 1 saturated heterocycles. The van der Waals surface area contributed by atoms with Crippen LogP contribution in [0.1, 0.15) is 41.5 Å². The number of nitrogens with zero attached hydrogens (tertiary/aromatic N) is 4. The summed E-state index contributed by atoms with van der Waals surface area (Å²) in [6.07, 6.45) is 2.32. The van der Waals surface area contributed by atoms with Gasteiger partial charge in [-0.25, -0.2) is 0 Å². The Labute approximate surface area is 149 Å². The van der Waals surface area contributed by atoms with Crippen LogP contribution in [-0.2, 0) is 19.6 Å². The number of aryl methyl sites for hydroxylation is 1. The monoisotopic (exact) mass is 341 g/mol. The lowest BCUT2D eigenvalue weighted by Gasteiger charge is -2.32. The number of aromatic nitrogens is 3. The van der Waals surface area contributed by atoms with Gasteiger partial charge in [-0.2, -0.15) is 0 Å². The third-order valence-corrected chi connectivity index (χ3v) is 5.48. The van der Waals surface area contributed by atoms with Crippen LogP contribution in [0.15, 0.2) is 18.2 Å². The summed E-state index contributed by atoms with van der Waals surface area (Å²) < 4.78 is 7.79. The van der Waals surface area contributed by atoms with Crippen molar-refractivity contribution in [2.45, 2.75) is 45.3 Å². The topological polar surface area (TPSA) is 55.2 Å². The fourth-order valence-electron chi connectivity index (χ4n) is 3.99. The lowest BCUT2D eigenvalue weighted by Crippen LogP contribution is -2.34. The molecule has 0 atom stereocenters. The Kier molecular flexibility index (Phi) is 4.72. The molecule has 0 amide bonds. The van der Waals surface area contributed by atoms with Gasteiger partial charge in [0.15, 0.2) is 0 Å². The van der Waals surface area contributed by atoms with Gasteiger partial charge >= 0.3 is 0 Å². The molecule has 2 aliphatic rings. The molecule has 0 saturated carbocycles. The molecule has 3 heterocycles. The standard InChI is InChI=1S/C19H27N5O/c1-14-3-4-15(11-17(14)25-2)13-23-8-5-16(6-9-23)19-22-21-18-12-20-7-10-24(18)19/h3-4,11,16,20H,5-10,12-13H2,1-2H3. The van der Waals surface area contributed by atoms with Crippen LogP contribution in [0.3, 0.4) is 0 Å².